The number of carbonyl (C=O) groups excluding carboxylic acids is 1. The third kappa shape index (κ3) is 2.32. The fraction of sp³-hybridized carbons (Fsp3) is 0.909. The van der Waals surface area contributed by atoms with Gasteiger partial charge in [0.2, 0.25) is 5.91 Å². The van der Waals surface area contributed by atoms with Gasteiger partial charge in [0, 0.05) is 6.04 Å². The van der Waals surface area contributed by atoms with E-state index >= 15 is 0 Å². The number of nitrogens with zero attached hydrogens (tertiary/aromatic N) is 1. The van der Waals surface area contributed by atoms with Gasteiger partial charge in [-0.1, -0.05) is 6.92 Å². The number of amides is 1. The molecule has 0 aromatic heterocycles. The Kier molecular flexibility index (Phi) is 2.98. The zero-order valence-corrected chi connectivity index (χ0v) is 9.58. The molecule has 1 N–H and O–H groups in total. The summed E-state index contributed by atoms with van der Waals surface area (Å²) in [5, 5.41) is 4.94. The van der Waals surface area contributed by atoms with Gasteiger partial charge in [0.05, 0.1) is 13.0 Å². The molecule has 0 aromatic carbocycles. The second-order valence-corrected chi connectivity index (χ2v) is 4.82. The van der Waals surface area contributed by atoms with E-state index < -0.39 is 0 Å². The monoisotopic (exact) mass is 212 g/mol. The molecule has 4 nitrogen and oxygen atoms in total. The molecule has 0 spiro atoms. The van der Waals surface area contributed by atoms with E-state index in [1.165, 1.54) is 6.42 Å². The Morgan fingerprint density at radius 3 is 3.00 bits per heavy atom. The first-order chi connectivity index (χ1) is 7.13. The maximum absolute atomic E-state index is 11.7. The number of hydrogen-bond acceptors (Lipinski definition) is 3. The molecule has 15 heavy (non-hydrogen) atoms. The first-order valence-electron chi connectivity index (χ1n) is 5.86. The molecule has 4 heteroatoms. The normalized spacial score (nSPS) is 36.5. The molecule has 2 unspecified atom stereocenters. The van der Waals surface area contributed by atoms with Crippen molar-refractivity contribution < 1.29 is 9.63 Å². The van der Waals surface area contributed by atoms with Crippen molar-refractivity contribution in [3.05, 3.63) is 0 Å². The predicted molar refractivity (Wildman–Crippen MR) is 57.1 cm³/mol. The van der Waals surface area contributed by atoms with Crippen molar-refractivity contribution in [1.29, 1.82) is 0 Å². The second-order valence-electron chi connectivity index (χ2n) is 4.82. The number of nitrogens with one attached hydrogen (secondary N) is 1. The van der Waals surface area contributed by atoms with E-state index in [4.69, 9.17) is 4.84 Å². The lowest BCUT2D eigenvalue weighted by Crippen LogP contribution is -2.38. The van der Waals surface area contributed by atoms with E-state index in [1.807, 2.05) is 6.92 Å². The van der Waals surface area contributed by atoms with Gasteiger partial charge in [0.1, 0.15) is 5.60 Å². The van der Waals surface area contributed by atoms with Gasteiger partial charge in [-0.3, -0.25) is 9.63 Å². The summed E-state index contributed by atoms with van der Waals surface area (Å²) in [6, 6.07) is 0.424. The van der Waals surface area contributed by atoms with Crippen molar-refractivity contribution in [2.45, 2.75) is 51.2 Å². The van der Waals surface area contributed by atoms with Gasteiger partial charge in [0.15, 0.2) is 0 Å². The van der Waals surface area contributed by atoms with Gasteiger partial charge in [-0.2, -0.15) is 0 Å². The minimum atomic E-state index is -0.268. The summed E-state index contributed by atoms with van der Waals surface area (Å²) >= 11 is 0. The Balaban J connectivity index is 1.90. The first-order valence-corrected chi connectivity index (χ1v) is 5.86. The molecular weight excluding hydrogens is 192 g/mol. The smallest absolute Gasteiger partial charge is 0.249 e. The molecule has 0 aliphatic carbocycles. The minimum Gasteiger partial charge on any atom is -0.312 e. The average Bonchev–Trinajstić information content (AvgIpc) is 2.77. The Bertz CT molecular complexity index is 251. The van der Waals surface area contributed by atoms with Crippen LogP contribution in [0.15, 0.2) is 0 Å². The van der Waals surface area contributed by atoms with Crippen LogP contribution in [-0.4, -0.2) is 35.7 Å². The van der Waals surface area contributed by atoms with Crippen molar-refractivity contribution in [3.8, 4) is 0 Å². The molecule has 2 fully saturated rings. The van der Waals surface area contributed by atoms with Crippen LogP contribution in [0, 0.1) is 0 Å². The lowest BCUT2D eigenvalue weighted by molar-refractivity contribution is -0.197. The summed E-state index contributed by atoms with van der Waals surface area (Å²) in [7, 11) is 0. The third-order valence-corrected chi connectivity index (χ3v) is 3.43. The van der Waals surface area contributed by atoms with Crippen LogP contribution in [0.2, 0.25) is 0 Å². The van der Waals surface area contributed by atoms with Gasteiger partial charge in [-0.15, -0.1) is 0 Å². The van der Waals surface area contributed by atoms with Crippen LogP contribution in [0.3, 0.4) is 0 Å². The van der Waals surface area contributed by atoms with Crippen molar-refractivity contribution in [2.24, 2.45) is 0 Å². The molecule has 2 heterocycles. The SMILES string of the molecule is CCC1(C)CC(=O)N(CC2CCCN2)O1. The molecule has 0 saturated carbocycles. The molecular formula is C11H20N2O2. The van der Waals surface area contributed by atoms with E-state index in [2.05, 4.69) is 12.2 Å². The quantitative estimate of drug-likeness (QED) is 0.761. The second kappa shape index (κ2) is 4.10. The fourth-order valence-corrected chi connectivity index (χ4v) is 2.20. The van der Waals surface area contributed by atoms with Crippen LogP contribution in [0.1, 0.15) is 39.5 Å². The number of rotatable bonds is 3. The minimum absolute atomic E-state index is 0.132. The first kappa shape index (κ1) is 10.9. The van der Waals surface area contributed by atoms with Crippen molar-refractivity contribution >= 4 is 5.91 Å². The summed E-state index contributed by atoms with van der Waals surface area (Å²) in [4.78, 5) is 17.4. The maximum atomic E-state index is 11.7. The van der Waals surface area contributed by atoms with Crippen LogP contribution < -0.4 is 5.32 Å². The predicted octanol–water partition coefficient (Wildman–Crippen LogP) is 1.07. The highest BCUT2D eigenvalue weighted by molar-refractivity contribution is 5.77. The summed E-state index contributed by atoms with van der Waals surface area (Å²) < 4.78 is 0. The van der Waals surface area contributed by atoms with E-state index in [1.54, 1.807) is 5.06 Å². The van der Waals surface area contributed by atoms with E-state index in [0.29, 0.717) is 19.0 Å². The maximum Gasteiger partial charge on any atom is 0.249 e. The highest BCUT2D eigenvalue weighted by atomic mass is 16.7. The lowest BCUT2D eigenvalue weighted by atomic mass is 10.0. The Labute approximate surface area is 90.9 Å². The fourth-order valence-electron chi connectivity index (χ4n) is 2.20. The Morgan fingerprint density at radius 1 is 1.67 bits per heavy atom. The standard InChI is InChI=1S/C11H20N2O2/c1-3-11(2)7-10(14)13(15-11)8-9-5-4-6-12-9/h9,12H,3-8H2,1-2H3. The molecule has 2 aliphatic rings. The van der Waals surface area contributed by atoms with Gasteiger partial charge < -0.3 is 5.32 Å². The van der Waals surface area contributed by atoms with Crippen molar-refractivity contribution in [1.82, 2.24) is 10.4 Å². The zero-order chi connectivity index (χ0) is 10.9. The van der Waals surface area contributed by atoms with Crippen LogP contribution in [0.4, 0.5) is 0 Å². The van der Waals surface area contributed by atoms with Crippen LogP contribution in [-0.2, 0) is 9.63 Å². The molecule has 2 rings (SSSR count). The van der Waals surface area contributed by atoms with E-state index in [9.17, 15) is 4.79 Å². The average molecular weight is 212 g/mol. The van der Waals surface area contributed by atoms with Gasteiger partial charge >= 0.3 is 0 Å². The Hall–Kier alpha value is -0.610. The summed E-state index contributed by atoms with van der Waals surface area (Å²) in [5.74, 6) is 0.132. The molecule has 86 valence electrons. The summed E-state index contributed by atoms with van der Waals surface area (Å²) in [5.41, 5.74) is -0.268. The molecule has 0 radical (unpaired) electrons. The van der Waals surface area contributed by atoms with E-state index in [-0.39, 0.29) is 11.5 Å². The molecule has 1 amide bonds. The molecule has 2 atom stereocenters. The zero-order valence-electron chi connectivity index (χ0n) is 9.58. The van der Waals surface area contributed by atoms with E-state index in [0.717, 1.165) is 19.4 Å². The van der Waals surface area contributed by atoms with Gasteiger partial charge in [-0.25, -0.2) is 5.06 Å². The highest BCUT2D eigenvalue weighted by Gasteiger charge is 2.40. The van der Waals surface area contributed by atoms with Gasteiger partial charge in [0.25, 0.3) is 0 Å². The summed E-state index contributed by atoms with van der Waals surface area (Å²) in [6.07, 6.45) is 3.76. The van der Waals surface area contributed by atoms with Crippen molar-refractivity contribution in [2.75, 3.05) is 13.1 Å². The molecule has 0 bridgehead atoms. The largest absolute Gasteiger partial charge is 0.312 e. The number of hydrogen-bond donors (Lipinski definition) is 1. The highest BCUT2D eigenvalue weighted by Crippen LogP contribution is 2.29. The van der Waals surface area contributed by atoms with Crippen LogP contribution in [0.5, 0.6) is 0 Å². The third-order valence-electron chi connectivity index (χ3n) is 3.43. The molecule has 2 aliphatic heterocycles. The lowest BCUT2D eigenvalue weighted by Gasteiger charge is -2.24. The van der Waals surface area contributed by atoms with Crippen molar-refractivity contribution in [3.63, 3.8) is 0 Å². The van der Waals surface area contributed by atoms with Crippen LogP contribution in [0.25, 0.3) is 0 Å². The molecule has 2 saturated heterocycles. The Morgan fingerprint density at radius 2 is 2.47 bits per heavy atom. The number of hydroxylamine groups is 2. The number of carbonyl (C=O) groups is 1. The molecule has 0 aromatic rings. The van der Waals surface area contributed by atoms with Gasteiger partial charge in [-0.05, 0) is 32.7 Å². The topological polar surface area (TPSA) is 41.6 Å². The summed E-state index contributed by atoms with van der Waals surface area (Å²) in [6.45, 7) is 5.84. The van der Waals surface area contributed by atoms with Crippen LogP contribution >= 0.6 is 0 Å².